The number of nitro groups is 1. The molecule has 1 N–H and O–H groups in total. The standard InChI is InChI=1S/C37H35N3O6/c1-2-3-28-17-24(6-13-33(28)46-22-23-4-9-31(10-5-23)40(44)45)18-32-34(41)38-36(43)39(35(32)42)30-11-7-29(8-12-30)37-19-25-14-26(20-37)16-27(15-25)21-37/h2,4-13,17-18,25-27H,1,3,14-16,19-22H2,(H,38,41,43)/b32-18+. The number of hydrogen-bond donors (Lipinski definition) is 1. The molecule has 4 amide bonds. The quantitative estimate of drug-likeness (QED) is 0.0905. The summed E-state index contributed by atoms with van der Waals surface area (Å²) >= 11 is 0. The van der Waals surface area contributed by atoms with Gasteiger partial charge in [0, 0.05) is 12.1 Å². The molecule has 234 valence electrons. The second kappa shape index (κ2) is 11.7. The number of nitrogens with one attached hydrogen (secondary N) is 1. The summed E-state index contributed by atoms with van der Waals surface area (Å²) in [5, 5.41) is 13.3. The van der Waals surface area contributed by atoms with Crippen LogP contribution in [0.3, 0.4) is 0 Å². The fourth-order valence-electron chi connectivity index (χ4n) is 8.51. The van der Waals surface area contributed by atoms with Gasteiger partial charge in [-0.05, 0) is 133 Å². The number of nitrogens with zero attached hydrogens (tertiary/aromatic N) is 2. The van der Waals surface area contributed by atoms with E-state index in [4.69, 9.17) is 4.74 Å². The molecule has 1 heterocycles. The van der Waals surface area contributed by atoms with Crippen molar-refractivity contribution in [3.05, 3.63) is 117 Å². The Bertz CT molecular complexity index is 1740. The number of hydrogen-bond acceptors (Lipinski definition) is 6. The van der Waals surface area contributed by atoms with Crippen molar-refractivity contribution in [2.24, 2.45) is 17.8 Å². The van der Waals surface area contributed by atoms with Crippen LogP contribution in [0, 0.1) is 27.9 Å². The van der Waals surface area contributed by atoms with E-state index in [2.05, 4.69) is 24.0 Å². The minimum absolute atomic E-state index is 0.00425. The van der Waals surface area contributed by atoms with Crippen LogP contribution in [-0.2, 0) is 28.0 Å². The van der Waals surface area contributed by atoms with Gasteiger partial charge >= 0.3 is 6.03 Å². The Morgan fingerprint density at radius 2 is 1.59 bits per heavy atom. The molecule has 9 nitrogen and oxygen atoms in total. The molecule has 9 heteroatoms. The van der Waals surface area contributed by atoms with E-state index in [-0.39, 0.29) is 23.3 Å². The third-order valence-corrected chi connectivity index (χ3v) is 10.2. The molecule has 4 saturated carbocycles. The van der Waals surface area contributed by atoms with Crippen molar-refractivity contribution in [2.45, 2.75) is 57.0 Å². The fraction of sp³-hybridized carbons (Fsp3) is 0.324. The molecule has 5 fully saturated rings. The molecule has 1 saturated heterocycles. The van der Waals surface area contributed by atoms with Crippen molar-refractivity contribution in [2.75, 3.05) is 4.90 Å². The predicted octanol–water partition coefficient (Wildman–Crippen LogP) is 7.04. The second-order valence-electron chi connectivity index (χ2n) is 13.3. The van der Waals surface area contributed by atoms with Gasteiger partial charge in [0.05, 0.1) is 10.6 Å². The van der Waals surface area contributed by atoms with Gasteiger partial charge in [-0.2, -0.15) is 0 Å². The predicted molar refractivity (Wildman–Crippen MR) is 173 cm³/mol. The maximum atomic E-state index is 13.7. The van der Waals surface area contributed by atoms with Crippen LogP contribution in [0.25, 0.3) is 6.08 Å². The molecule has 3 aromatic rings. The van der Waals surface area contributed by atoms with Gasteiger partial charge < -0.3 is 4.74 Å². The van der Waals surface area contributed by atoms with Gasteiger partial charge in [0.2, 0.25) is 0 Å². The summed E-state index contributed by atoms with van der Waals surface area (Å²) in [6.45, 7) is 4.02. The minimum Gasteiger partial charge on any atom is -0.489 e. The van der Waals surface area contributed by atoms with E-state index in [9.17, 15) is 24.5 Å². The lowest BCUT2D eigenvalue weighted by Gasteiger charge is -2.57. The molecular weight excluding hydrogens is 582 g/mol. The number of urea groups is 1. The van der Waals surface area contributed by atoms with Crippen LogP contribution in [0.5, 0.6) is 5.75 Å². The van der Waals surface area contributed by atoms with Crippen LogP contribution in [-0.4, -0.2) is 22.8 Å². The minimum atomic E-state index is -0.767. The van der Waals surface area contributed by atoms with E-state index >= 15 is 0 Å². The number of nitro benzene ring substituents is 1. The maximum absolute atomic E-state index is 13.7. The second-order valence-corrected chi connectivity index (χ2v) is 13.3. The molecule has 0 unspecified atom stereocenters. The number of anilines is 1. The number of imide groups is 2. The maximum Gasteiger partial charge on any atom is 0.335 e. The van der Waals surface area contributed by atoms with Crippen molar-refractivity contribution in [1.29, 1.82) is 0 Å². The molecule has 8 rings (SSSR count). The van der Waals surface area contributed by atoms with Crippen LogP contribution >= 0.6 is 0 Å². The Balaban J connectivity index is 1.10. The number of amides is 4. The van der Waals surface area contributed by atoms with Gasteiger partial charge in [0.15, 0.2) is 0 Å². The largest absolute Gasteiger partial charge is 0.489 e. The van der Waals surface area contributed by atoms with Crippen LogP contribution in [0.2, 0.25) is 0 Å². The van der Waals surface area contributed by atoms with Crippen LogP contribution < -0.4 is 15.0 Å². The molecule has 0 radical (unpaired) electrons. The summed E-state index contributed by atoms with van der Waals surface area (Å²) in [4.78, 5) is 51.0. The zero-order valence-electron chi connectivity index (χ0n) is 25.4. The molecule has 4 aliphatic carbocycles. The lowest BCUT2D eigenvalue weighted by atomic mass is 9.48. The smallest absolute Gasteiger partial charge is 0.335 e. The Kier molecular flexibility index (Phi) is 7.55. The molecule has 0 atom stereocenters. The Hall–Kier alpha value is -5.05. The van der Waals surface area contributed by atoms with Gasteiger partial charge in [0.1, 0.15) is 17.9 Å². The molecule has 1 aliphatic heterocycles. The Morgan fingerprint density at radius 1 is 0.935 bits per heavy atom. The first kappa shape index (κ1) is 29.6. The molecule has 4 bridgehead atoms. The normalized spacial score (nSPS) is 25.9. The number of carbonyl (C=O) groups excluding carboxylic acids is 3. The highest BCUT2D eigenvalue weighted by Gasteiger charge is 2.51. The van der Waals surface area contributed by atoms with E-state index < -0.39 is 22.8 Å². The third-order valence-electron chi connectivity index (χ3n) is 10.2. The van der Waals surface area contributed by atoms with Crippen molar-refractivity contribution in [1.82, 2.24) is 5.32 Å². The summed E-state index contributed by atoms with van der Waals surface area (Å²) < 4.78 is 6.00. The number of allylic oxidation sites excluding steroid dienone is 1. The molecule has 46 heavy (non-hydrogen) atoms. The van der Waals surface area contributed by atoms with Crippen molar-refractivity contribution >= 4 is 35.3 Å². The first-order chi connectivity index (χ1) is 22.2. The number of benzene rings is 3. The highest BCUT2D eigenvalue weighted by Crippen LogP contribution is 2.60. The van der Waals surface area contributed by atoms with Crippen LogP contribution in [0.4, 0.5) is 16.2 Å². The highest BCUT2D eigenvalue weighted by molar-refractivity contribution is 6.39. The van der Waals surface area contributed by atoms with E-state index in [0.29, 0.717) is 23.4 Å². The summed E-state index contributed by atoms with van der Waals surface area (Å²) in [7, 11) is 0. The zero-order chi connectivity index (χ0) is 32.0. The summed E-state index contributed by atoms with van der Waals surface area (Å²) in [6, 6.07) is 18.4. The van der Waals surface area contributed by atoms with Crippen molar-refractivity contribution in [3.63, 3.8) is 0 Å². The summed E-state index contributed by atoms with van der Waals surface area (Å²) in [5.41, 5.74) is 3.91. The van der Waals surface area contributed by atoms with Gasteiger partial charge in [-0.1, -0.05) is 24.3 Å². The summed E-state index contributed by atoms with van der Waals surface area (Å²) in [6.07, 6.45) is 11.4. The van der Waals surface area contributed by atoms with E-state index in [0.717, 1.165) is 33.8 Å². The number of barbiturate groups is 1. The number of non-ortho nitro benzene ring substituents is 1. The average molecular weight is 618 g/mol. The van der Waals surface area contributed by atoms with Gasteiger partial charge in [-0.3, -0.25) is 25.0 Å². The topological polar surface area (TPSA) is 119 Å². The highest BCUT2D eigenvalue weighted by atomic mass is 16.6. The molecule has 0 spiro atoms. The Labute approximate surface area is 267 Å². The van der Waals surface area contributed by atoms with E-state index in [1.165, 1.54) is 62.3 Å². The van der Waals surface area contributed by atoms with Crippen LogP contribution in [0.1, 0.15) is 60.8 Å². The molecule has 5 aliphatic rings. The van der Waals surface area contributed by atoms with E-state index in [1.54, 1.807) is 36.4 Å². The fourth-order valence-corrected chi connectivity index (χ4v) is 8.51. The van der Waals surface area contributed by atoms with Gasteiger partial charge in [0.25, 0.3) is 17.5 Å². The molecular formula is C37H35N3O6. The van der Waals surface area contributed by atoms with Crippen molar-refractivity contribution in [3.8, 4) is 5.75 Å². The number of ether oxygens (including phenoxy) is 1. The van der Waals surface area contributed by atoms with Gasteiger partial charge in [-0.25, -0.2) is 9.69 Å². The van der Waals surface area contributed by atoms with E-state index in [1.807, 2.05) is 12.1 Å². The average Bonchev–Trinajstić information content (AvgIpc) is 3.02. The van der Waals surface area contributed by atoms with Crippen molar-refractivity contribution < 1.29 is 24.0 Å². The lowest BCUT2D eigenvalue weighted by molar-refractivity contribution is -0.384. The lowest BCUT2D eigenvalue weighted by Crippen LogP contribution is -2.54. The zero-order valence-corrected chi connectivity index (χ0v) is 25.4. The summed E-state index contributed by atoms with van der Waals surface area (Å²) in [5.74, 6) is 1.57. The first-order valence-corrected chi connectivity index (χ1v) is 15.8. The Morgan fingerprint density at radius 3 is 2.20 bits per heavy atom. The number of carbonyl (C=O) groups is 3. The van der Waals surface area contributed by atoms with Crippen LogP contribution in [0.15, 0.2) is 85.0 Å². The molecule has 3 aromatic carbocycles. The van der Waals surface area contributed by atoms with Gasteiger partial charge in [-0.15, -0.1) is 6.58 Å². The third kappa shape index (κ3) is 5.50. The monoisotopic (exact) mass is 617 g/mol. The number of rotatable bonds is 9. The first-order valence-electron chi connectivity index (χ1n) is 15.8. The molecule has 0 aromatic heterocycles. The SMILES string of the molecule is C=CCc1cc(/C=C2\C(=O)NC(=O)N(c3ccc(C45CC6CC(CC(C6)C4)C5)cc3)C2=O)ccc1OCc1ccc([N+](=O)[O-])cc1.